The maximum Gasteiger partial charge on any atom is 0.116 e. The van der Waals surface area contributed by atoms with Crippen LogP contribution in [-0.2, 0) is 0 Å². The van der Waals surface area contributed by atoms with E-state index in [9.17, 15) is 0 Å². The Morgan fingerprint density at radius 1 is 1.67 bits per heavy atom. The van der Waals surface area contributed by atoms with Crippen LogP contribution in [0.4, 0.5) is 0 Å². The van der Waals surface area contributed by atoms with Crippen LogP contribution in [0.15, 0.2) is 28.5 Å². The molecule has 0 atom stereocenters. The molecule has 0 aromatic carbocycles. The zero-order valence-corrected chi connectivity index (χ0v) is 5.33. The smallest absolute Gasteiger partial charge is 0.116 e. The highest BCUT2D eigenvalue weighted by Crippen LogP contribution is 2.05. The number of hydrogen-bond acceptors (Lipinski definition) is 2. The molecule has 0 amide bonds. The van der Waals surface area contributed by atoms with Gasteiger partial charge in [0.25, 0.3) is 0 Å². The van der Waals surface area contributed by atoms with Crippen LogP contribution in [0.25, 0.3) is 0 Å². The van der Waals surface area contributed by atoms with Crippen LogP contribution >= 0.6 is 0 Å². The van der Waals surface area contributed by atoms with Crippen molar-refractivity contribution in [1.82, 2.24) is 0 Å². The van der Waals surface area contributed by atoms with E-state index in [0.717, 1.165) is 5.57 Å². The van der Waals surface area contributed by atoms with Crippen LogP contribution in [-0.4, -0.2) is 17.9 Å². The van der Waals surface area contributed by atoms with Crippen molar-refractivity contribution >= 4 is 6.21 Å². The summed E-state index contributed by atoms with van der Waals surface area (Å²) in [7, 11) is 0. The molecule has 1 rings (SSSR count). The maximum absolute atomic E-state index is 9.07. The van der Waals surface area contributed by atoms with Crippen molar-refractivity contribution < 1.29 is 5.11 Å². The van der Waals surface area contributed by atoms with Crippen molar-refractivity contribution in [3.63, 3.8) is 0 Å². The van der Waals surface area contributed by atoms with Crippen molar-refractivity contribution in [3.8, 4) is 0 Å². The van der Waals surface area contributed by atoms with Crippen LogP contribution in [0.2, 0.25) is 0 Å². The molecule has 1 N–H and O–H groups in total. The van der Waals surface area contributed by atoms with Gasteiger partial charge in [-0.2, -0.15) is 0 Å². The van der Waals surface area contributed by atoms with Crippen molar-refractivity contribution in [3.05, 3.63) is 23.5 Å². The third-order valence-electron chi connectivity index (χ3n) is 1.22. The first kappa shape index (κ1) is 6.08. The quantitative estimate of drug-likeness (QED) is 0.519. The van der Waals surface area contributed by atoms with Crippen molar-refractivity contribution in [2.24, 2.45) is 4.99 Å². The Bertz CT molecular complexity index is 189. The number of allylic oxidation sites excluding steroid dienone is 2. The number of aliphatic imine (C=N–C) groups is 1. The van der Waals surface area contributed by atoms with Gasteiger partial charge < -0.3 is 5.11 Å². The minimum Gasteiger partial charge on any atom is -0.508 e. The first-order valence-corrected chi connectivity index (χ1v) is 2.87. The Balaban J connectivity index is 2.85. The Labute approximate surface area is 54.2 Å². The highest BCUT2D eigenvalue weighted by Gasteiger charge is 1.95. The molecule has 0 aromatic rings. The van der Waals surface area contributed by atoms with Crippen LogP contribution in [0.5, 0.6) is 0 Å². The predicted molar refractivity (Wildman–Crippen MR) is 37.8 cm³/mol. The Kier molecular flexibility index (Phi) is 1.68. The molecule has 1 aliphatic heterocycles. The van der Waals surface area contributed by atoms with Gasteiger partial charge in [-0.3, -0.25) is 4.99 Å². The zero-order valence-electron chi connectivity index (χ0n) is 5.33. The zero-order chi connectivity index (χ0) is 6.69. The molecule has 9 heavy (non-hydrogen) atoms. The molecule has 2 heteroatoms. The third kappa shape index (κ3) is 1.42. The summed E-state index contributed by atoms with van der Waals surface area (Å²) < 4.78 is 0. The summed E-state index contributed by atoms with van der Waals surface area (Å²) in [4.78, 5) is 3.93. The monoisotopic (exact) mass is 123 g/mol. The van der Waals surface area contributed by atoms with Gasteiger partial charge in [0.15, 0.2) is 0 Å². The summed E-state index contributed by atoms with van der Waals surface area (Å²) in [6, 6.07) is 0. The van der Waals surface area contributed by atoms with Crippen LogP contribution in [0.3, 0.4) is 0 Å². The first-order valence-electron chi connectivity index (χ1n) is 2.87. The minimum absolute atomic E-state index is 0.340. The van der Waals surface area contributed by atoms with E-state index in [-0.39, 0.29) is 0 Å². The molecule has 0 saturated heterocycles. The number of aliphatic hydroxyl groups is 1. The summed E-state index contributed by atoms with van der Waals surface area (Å²) in [5, 5.41) is 9.07. The van der Waals surface area contributed by atoms with Gasteiger partial charge in [0.2, 0.25) is 0 Å². The molecule has 1 heterocycles. The van der Waals surface area contributed by atoms with Crippen LogP contribution < -0.4 is 0 Å². The average molecular weight is 123 g/mol. The van der Waals surface area contributed by atoms with Gasteiger partial charge in [0.05, 0.1) is 6.54 Å². The van der Waals surface area contributed by atoms with E-state index in [4.69, 9.17) is 5.11 Å². The molecule has 0 fully saturated rings. The van der Waals surface area contributed by atoms with Gasteiger partial charge in [0.1, 0.15) is 5.76 Å². The van der Waals surface area contributed by atoms with Crippen molar-refractivity contribution in [1.29, 1.82) is 0 Å². The lowest BCUT2D eigenvalue weighted by Gasteiger charge is -1.93. The minimum atomic E-state index is 0.340. The number of hydrogen-bond donors (Lipinski definition) is 1. The topological polar surface area (TPSA) is 32.6 Å². The average Bonchev–Trinajstić information content (AvgIpc) is 1.99. The molecule has 0 unspecified atom stereocenters. The summed E-state index contributed by atoms with van der Waals surface area (Å²) in [6.07, 6.45) is 5.18. The summed E-state index contributed by atoms with van der Waals surface area (Å²) in [6.45, 7) is 2.43. The van der Waals surface area contributed by atoms with Gasteiger partial charge in [-0.25, -0.2) is 0 Å². The van der Waals surface area contributed by atoms with E-state index < -0.39 is 0 Å². The fraction of sp³-hybridized carbons (Fsp3) is 0.286. The fourth-order valence-electron chi connectivity index (χ4n) is 0.611. The standard InChI is InChI=1S/C7H9NO/c1-6-2-4-8-5-3-7(6)9/h2-4,9H,5H2,1H3. The van der Waals surface area contributed by atoms with E-state index in [1.807, 2.05) is 6.92 Å². The van der Waals surface area contributed by atoms with Crippen LogP contribution in [0, 0.1) is 0 Å². The number of nitrogens with zero attached hydrogens (tertiary/aromatic N) is 1. The molecule has 0 radical (unpaired) electrons. The van der Waals surface area contributed by atoms with E-state index in [0.29, 0.717) is 12.3 Å². The van der Waals surface area contributed by atoms with Gasteiger partial charge in [-0.1, -0.05) is 0 Å². The number of aliphatic hydroxyl groups excluding tert-OH is 1. The molecule has 2 nitrogen and oxygen atoms in total. The second-order valence-electron chi connectivity index (χ2n) is 1.95. The SMILES string of the molecule is CC1=CC=NCC=C1O. The van der Waals surface area contributed by atoms with Gasteiger partial charge >= 0.3 is 0 Å². The first-order chi connectivity index (χ1) is 4.30. The molecule has 1 aliphatic rings. The second-order valence-corrected chi connectivity index (χ2v) is 1.95. The highest BCUT2D eigenvalue weighted by molar-refractivity contribution is 5.73. The summed E-state index contributed by atoms with van der Waals surface area (Å²) >= 11 is 0. The molecule has 0 bridgehead atoms. The van der Waals surface area contributed by atoms with E-state index in [2.05, 4.69) is 4.99 Å². The van der Waals surface area contributed by atoms with Gasteiger partial charge in [-0.05, 0) is 24.6 Å². The van der Waals surface area contributed by atoms with Crippen molar-refractivity contribution in [2.45, 2.75) is 6.92 Å². The largest absolute Gasteiger partial charge is 0.508 e. The second kappa shape index (κ2) is 2.49. The van der Waals surface area contributed by atoms with Gasteiger partial charge in [0, 0.05) is 6.21 Å². The lowest BCUT2D eigenvalue weighted by Crippen LogP contribution is -1.81. The van der Waals surface area contributed by atoms with E-state index >= 15 is 0 Å². The Morgan fingerprint density at radius 3 is 3.22 bits per heavy atom. The normalized spacial score (nSPS) is 18.3. The number of rotatable bonds is 0. The third-order valence-corrected chi connectivity index (χ3v) is 1.22. The fourth-order valence-corrected chi connectivity index (χ4v) is 0.611. The molecule has 0 spiro atoms. The lowest BCUT2D eigenvalue weighted by atomic mass is 10.2. The summed E-state index contributed by atoms with van der Waals surface area (Å²) in [5.41, 5.74) is 0.872. The molecule has 0 saturated carbocycles. The summed E-state index contributed by atoms with van der Waals surface area (Å²) in [5.74, 6) is 0.340. The van der Waals surface area contributed by atoms with Crippen molar-refractivity contribution in [2.75, 3.05) is 6.54 Å². The van der Waals surface area contributed by atoms with E-state index in [1.165, 1.54) is 0 Å². The molecule has 48 valence electrons. The lowest BCUT2D eigenvalue weighted by molar-refractivity contribution is 0.422. The predicted octanol–water partition coefficient (Wildman–Crippen LogP) is 1.46. The molecular formula is C7H9NO. The molecule has 0 aliphatic carbocycles. The van der Waals surface area contributed by atoms with E-state index in [1.54, 1.807) is 18.4 Å². The maximum atomic E-state index is 9.07. The Hall–Kier alpha value is -1.05. The molecular weight excluding hydrogens is 114 g/mol. The van der Waals surface area contributed by atoms with Gasteiger partial charge in [-0.15, -0.1) is 0 Å². The van der Waals surface area contributed by atoms with Crippen LogP contribution in [0.1, 0.15) is 6.92 Å². The highest BCUT2D eigenvalue weighted by atomic mass is 16.3. The Morgan fingerprint density at radius 2 is 2.44 bits per heavy atom. The molecule has 0 aromatic heterocycles.